The van der Waals surface area contributed by atoms with Crippen LogP contribution in [0.15, 0.2) is 0 Å². The summed E-state index contributed by atoms with van der Waals surface area (Å²) in [5.41, 5.74) is 0. The Morgan fingerprint density at radius 2 is 1.00 bits per heavy atom. The molecule has 0 atom stereocenters. The van der Waals surface area contributed by atoms with Crippen molar-refractivity contribution in [2.24, 2.45) is 0 Å². The van der Waals surface area contributed by atoms with Crippen LogP contribution in [0.5, 0.6) is 0 Å². The van der Waals surface area contributed by atoms with Crippen LogP contribution in [0.25, 0.3) is 0 Å². The van der Waals surface area contributed by atoms with Gasteiger partial charge in [-0.15, -0.1) is 0 Å². The first-order valence-corrected chi connectivity index (χ1v) is 4.21. The molecule has 3 heteroatoms. The Morgan fingerprint density at radius 3 is 1.27 bits per heavy atom. The molecule has 0 aromatic rings. The molecular weight excluding hydrogens is 232 g/mol. The van der Waals surface area contributed by atoms with Gasteiger partial charge in [-0.2, -0.15) is 0 Å². The van der Waals surface area contributed by atoms with Gasteiger partial charge in [0, 0.05) is 0 Å². The summed E-state index contributed by atoms with van der Waals surface area (Å²) in [7, 11) is 0. The summed E-state index contributed by atoms with van der Waals surface area (Å²) in [5, 5.41) is 0. The molecule has 0 aromatic heterocycles. The molecule has 2 fully saturated rings. The summed E-state index contributed by atoms with van der Waals surface area (Å²) in [5.74, 6) is 0.926. The molecule has 0 N–H and O–H groups in total. The van der Waals surface area contributed by atoms with Gasteiger partial charge in [0.15, 0.2) is 0 Å². The van der Waals surface area contributed by atoms with Crippen molar-refractivity contribution in [3.63, 3.8) is 0 Å². The van der Waals surface area contributed by atoms with Crippen LogP contribution < -0.4 is 0 Å². The maximum Gasteiger partial charge on any atom is 2.00 e. The Balaban J connectivity index is 0.000000280. The van der Waals surface area contributed by atoms with E-state index in [1.165, 1.54) is 0 Å². The van der Waals surface area contributed by atoms with Crippen molar-refractivity contribution in [1.82, 2.24) is 0 Å². The van der Waals surface area contributed by atoms with E-state index >= 15 is 0 Å². The fourth-order valence-electron chi connectivity index (χ4n) is 0.983. The first kappa shape index (κ1) is 14.9. The second-order valence-corrected chi connectivity index (χ2v) is 2.63. The summed E-state index contributed by atoms with van der Waals surface area (Å²) in [6.07, 6.45) is 16.2. The van der Waals surface area contributed by atoms with Gasteiger partial charge in [-0.25, -0.2) is 0 Å². The van der Waals surface area contributed by atoms with E-state index < -0.39 is 0 Å². The van der Waals surface area contributed by atoms with E-state index in [0.29, 0.717) is 24.4 Å². The van der Waals surface area contributed by atoms with Crippen molar-refractivity contribution in [3.05, 3.63) is 63.2 Å². The molecule has 2 nitrogen and oxygen atoms in total. The minimum absolute atomic E-state index is 0. The first-order valence-electron chi connectivity index (χ1n) is 4.21. The third-order valence-electron chi connectivity index (χ3n) is 1.69. The molecule has 76 valence electrons. The van der Waals surface area contributed by atoms with E-state index in [1.54, 1.807) is 19.3 Å². The Hall–Kier alpha value is -0.141. The molecule has 10 radical (unpaired) electrons. The predicted octanol–water partition coefficient (Wildman–Crippen LogP) is 1.18. The van der Waals surface area contributed by atoms with Crippen LogP contribution in [0, 0.1) is 63.2 Å². The van der Waals surface area contributed by atoms with Gasteiger partial charge in [0.2, 0.25) is 0 Å². The maximum absolute atomic E-state index is 10.1. The average Bonchev–Trinajstić information content (AvgIpc) is 2.91. The van der Waals surface area contributed by atoms with Gasteiger partial charge in [0.25, 0.3) is 0 Å². The summed E-state index contributed by atoms with van der Waals surface area (Å²) >= 11 is 0. The molecule has 15 heavy (non-hydrogen) atoms. The van der Waals surface area contributed by atoms with Crippen molar-refractivity contribution in [1.29, 1.82) is 0 Å². The minimum Gasteiger partial charge on any atom is -0.303 e. The Labute approximate surface area is 103 Å². The summed E-state index contributed by atoms with van der Waals surface area (Å²) < 4.78 is 0. The molecule has 2 saturated carbocycles. The van der Waals surface area contributed by atoms with E-state index in [2.05, 4.69) is 0 Å². The van der Waals surface area contributed by atoms with Crippen LogP contribution in [0.1, 0.15) is 0 Å². The van der Waals surface area contributed by atoms with Crippen LogP contribution in [0.4, 0.5) is 0 Å². The predicted molar refractivity (Wildman–Crippen MR) is 53.0 cm³/mol. The van der Waals surface area contributed by atoms with Gasteiger partial charge in [0.1, 0.15) is 12.6 Å². The number of rotatable bonds is 2. The third kappa shape index (κ3) is 5.48. The van der Waals surface area contributed by atoms with Crippen LogP contribution in [0.2, 0.25) is 0 Å². The van der Waals surface area contributed by atoms with Crippen LogP contribution in [-0.4, -0.2) is 12.6 Å². The first-order chi connectivity index (χ1) is 6.88. The summed E-state index contributed by atoms with van der Waals surface area (Å²) in [6, 6.07) is 0. The zero-order chi connectivity index (χ0) is 10.2. The van der Waals surface area contributed by atoms with E-state index in [9.17, 15) is 9.59 Å². The largest absolute Gasteiger partial charge is 2.00 e. The minimum atomic E-state index is 0. The van der Waals surface area contributed by atoms with Gasteiger partial charge in [-0.3, -0.25) is 0 Å². The zero-order valence-electron chi connectivity index (χ0n) is 7.94. The van der Waals surface area contributed by atoms with Crippen molar-refractivity contribution in [2.75, 3.05) is 0 Å². The van der Waals surface area contributed by atoms with Crippen molar-refractivity contribution in [3.8, 4) is 0 Å². The summed E-state index contributed by atoms with van der Waals surface area (Å²) in [4.78, 5) is 20.2. The second-order valence-electron chi connectivity index (χ2n) is 2.63. The van der Waals surface area contributed by atoms with Crippen molar-refractivity contribution >= 4 is 12.6 Å². The molecule has 0 heterocycles. The average molecular weight is 242 g/mol. The number of hydrogen-bond donors (Lipinski definition) is 0. The van der Waals surface area contributed by atoms with E-state index in [1.807, 2.05) is 32.1 Å². The molecule has 2 aliphatic rings. The van der Waals surface area contributed by atoms with Gasteiger partial charge < -0.3 is 9.59 Å². The Kier molecular flexibility index (Phi) is 9.03. The SMILES string of the molecule is O=C[C]1[CH][CH][CH][C]1C=O.[CH]1[CH][CH][CH][CH]1.[Fe+2]. The monoisotopic (exact) mass is 242 g/mol. The van der Waals surface area contributed by atoms with Crippen LogP contribution in [-0.2, 0) is 26.7 Å². The summed E-state index contributed by atoms with van der Waals surface area (Å²) in [6.45, 7) is 0. The number of aldehydes is 2. The standard InChI is InChI=1S/C7H5O2.C5H5.Fe/c8-4-6-2-1-3-7(6)5-9;1-2-4-5-3-1;/h1-5H;1-5H;/q;;+2. The number of carbonyl (C=O) groups excluding carboxylic acids is 2. The van der Waals surface area contributed by atoms with Gasteiger partial charge in [-0.1, -0.05) is 0 Å². The van der Waals surface area contributed by atoms with Gasteiger partial charge in [0.05, 0.1) is 11.8 Å². The number of hydrogen-bond acceptors (Lipinski definition) is 2. The van der Waals surface area contributed by atoms with Crippen LogP contribution >= 0.6 is 0 Å². The molecule has 0 aliphatic heterocycles. The third-order valence-corrected chi connectivity index (χ3v) is 1.69. The molecule has 2 aliphatic carbocycles. The normalized spacial score (nSPS) is 21.3. The molecular formula is C12H10FeO2+2. The van der Waals surface area contributed by atoms with Gasteiger partial charge >= 0.3 is 17.1 Å². The quantitative estimate of drug-likeness (QED) is 0.538. The molecule has 0 saturated heterocycles. The molecule has 0 unspecified atom stereocenters. The van der Waals surface area contributed by atoms with Crippen LogP contribution in [0.3, 0.4) is 0 Å². The fourth-order valence-corrected chi connectivity index (χ4v) is 0.983. The Morgan fingerprint density at radius 1 is 0.667 bits per heavy atom. The van der Waals surface area contributed by atoms with Gasteiger partial charge in [-0.05, 0) is 51.4 Å². The zero-order valence-corrected chi connectivity index (χ0v) is 9.05. The molecule has 0 aromatic carbocycles. The van der Waals surface area contributed by atoms with E-state index in [-0.39, 0.29) is 17.1 Å². The molecule has 0 amide bonds. The molecule has 0 bridgehead atoms. The smallest absolute Gasteiger partial charge is 0.303 e. The topological polar surface area (TPSA) is 34.1 Å². The number of carbonyl (C=O) groups is 2. The van der Waals surface area contributed by atoms with E-state index in [0.717, 1.165) is 0 Å². The molecule has 2 rings (SSSR count). The molecule has 0 spiro atoms. The van der Waals surface area contributed by atoms with Crippen molar-refractivity contribution < 1.29 is 26.7 Å². The second kappa shape index (κ2) is 9.11. The fraction of sp³-hybridized carbons (Fsp3) is 0. The van der Waals surface area contributed by atoms with E-state index in [4.69, 9.17) is 0 Å². The van der Waals surface area contributed by atoms with Crippen molar-refractivity contribution in [2.45, 2.75) is 0 Å². The Bertz CT molecular complexity index is 157. The maximum atomic E-state index is 10.1.